The van der Waals surface area contributed by atoms with Crippen LogP contribution in [0, 0.1) is 0 Å². The van der Waals surface area contributed by atoms with Gasteiger partial charge in [0.2, 0.25) is 0 Å². The summed E-state index contributed by atoms with van der Waals surface area (Å²) in [7, 11) is 1.80. The molecule has 0 N–H and O–H groups in total. The number of aromatic nitrogens is 3. The lowest BCUT2D eigenvalue weighted by Gasteiger charge is -2.06. The minimum absolute atomic E-state index is 0.456. The maximum absolute atomic E-state index is 10.8. The third-order valence-corrected chi connectivity index (χ3v) is 2.16. The quantitative estimate of drug-likeness (QED) is 0.706. The first kappa shape index (κ1) is 9.64. The molecule has 5 nitrogen and oxygen atoms in total. The van der Waals surface area contributed by atoms with E-state index >= 15 is 0 Å². The van der Waals surface area contributed by atoms with Crippen molar-refractivity contribution in [2.75, 3.05) is 6.61 Å². The van der Waals surface area contributed by atoms with Crippen molar-refractivity contribution < 1.29 is 9.53 Å². The molecule has 2 aromatic rings. The Labute approximate surface area is 86.7 Å². The number of hydrogen-bond acceptors (Lipinski definition) is 4. The van der Waals surface area contributed by atoms with Crippen LogP contribution in [0.1, 0.15) is 17.3 Å². The second-order valence-corrected chi connectivity index (χ2v) is 3.10. The molecule has 0 saturated heterocycles. The summed E-state index contributed by atoms with van der Waals surface area (Å²) in [5.41, 5.74) is 1.17. The molecular formula is C10H11N3O2. The topological polar surface area (TPSA) is 57.0 Å². The zero-order valence-electron chi connectivity index (χ0n) is 8.60. The molecule has 5 heteroatoms. The van der Waals surface area contributed by atoms with Gasteiger partial charge in [-0.15, -0.1) is 0 Å². The van der Waals surface area contributed by atoms with E-state index in [9.17, 15) is 4.79 Å². The van der Waals surface area contributed by atoms with Gasteiger partial charge >= 0.3 is 0 Å². The zero-order chi connectivity index (χ0) is 10.8. The number of ether oxygens (including phenoxy) is 1. The highest BCUT2D eigenvalue weighted by Gasteiger charge is 2.12. The Morgan fingerprint density at radius 3 is 3.00 bits per heavy atom. The van der Waals surface area contributed by atoms with Crippen molar-refractivity contribution in [1.82, 2.24) is 14.8 Å². The monoisotopic (exact) mass is 205 g/mol. The maximum atomic E-state index is 10.8. The first-order chi connectivity index (χ1) is 7.27. The summed E-state index contributed by atoms with van der Waals surface area (Å²) in [4.78, 5) is 14.9. The van der Waals surface area contributed by atoms with Crippen LogP contribution in [0.5, 0.6) is 5.75 Å². The van der Waals surface area contributed by atoms with Crippen molar-refractivity contribution in [3.8, 4) is 5.75 Å². The lowest BCUT2D eigenvalue weighted by atomic mass is 10.2. The highest BCUT2D eigenvalue weighted by molar-refractivity contribution is 5.91. The van der Waals surface area contributed by atoms with Crippen molar-refractivity contribution in [3.05, 3.63) is 18.0 Å². The number of carbonyl (C=O) groups is 1. The van der Waals surface area contributed by atoms with Gasteiger partial charge in [-0.3, -0.25) is 9.48 Å². The Morgan fingerprint density at radius 2 is 2.33 bits per heavy atom. The van der Waals surface area contributed by atoms with Gasteiger partial charge in [0.05, 0.1) is 23.8 Å². The normalized spacial score (nSPS) is 10.5. The van der Waals surface area contributed by atoms with Crippen molar-refractivity contribution in [3.63, 3.8) is 0 Å². The van der Waals surface area contributed by atoms with Crippen LogP contribution < -0.4 is 4.74 Å². The second kappa shape index (κ2) is 3.68. The van der Waals surface area contributed by atoms with Gasteiger partial charge in [-0.2, -0.15) is 5.10 Å². The van der Waals surface area contributed by atoms with Gasteiger partial charge in [0, 0.05) is 13.2 Å². The summed E-state index contributed by atoms with van der Waals surface area (Å²) in [5.74, 6) is 0.561. The van der Waals surface area contributed by atoms with Crippen molar-refractivity contribution >= 4 is 17.3 Å². The molecule has 0 aliphatic carbocycles. The van der Waals surface area contributed by atoms with Gasteiger partial charge in [0.1, 0.15) is 5.75 Å². The molecule has 15 heavy (non-hydrogen) atoms. The molecule has 0 bridgehead atoms. The van der Waals surface area contributed by atoms with E-state index in [1.165, 1.54) is 6.20 Å². The molecule has 0 saturated carbocycles. The summed E-state index contributed by atoms with van der Waals surface area (Å²) in [6.07, 6.45) is 3.90. The van der Waals surface area contributed by atoms with Gasteiger partial charge < -0.3 is 4.74 Å². The minimum Gasteiger partial charge on any atom is -0.492 e. The van der Waals surface area contributed by atoms with E-state index in [2.05, 4.69) is 10.1 Å². The van der Waals surface area contributed by atoms with E-state index in [0.29, 0.717) is 23.6 Å². The Kier molecular flexibility index (Phi) is 2.37. The van der Waals surface area contributed by atoms with Gasteiger partial charge in [-0.25, -0.2) is 4.98 Å². The van der Waals surface area contributed by atoms with Crippen molar-refractivity contribution in [2.45, 2.75) is 6.92 Å². The number of fused-ring (bicyclic) bond motifs is 1. The molecule has 0 radical (unpaired) electrons. The summed E-state index contributed by atoms with van der Waals surface area (Å²) < 4.78 is 7.08. The molecule has 0 aromatic carbocycles. The zero-order valence-corrected chi connectivity index (χ0v) is 8.60. The van der Waals surface area contributed by atoms with Crippen molar-refractivity contribution in [2.24, 2.45) is 7.05 Å². The molecule has 0 fully saturated rings. The third-order valence-electron chi connectivity index (χ3n) is 2.16. The molecular weight excluding hydrogens is 194 g/mol. The number of aryl methyl sites for hydroxylation is 1. The van der Waals surface area contributed by atoms with E-state index in [-0.39, 0.29) is 0 Å². The maximum Gasteiger partial charge on any atom is 0.161 e. The van der Waals surface area contributed by atoms with Crippen LogP contribution in [0.2, 0.25) is 0 Å². The van der Waals surface area contributed by atoms with E-state index in [4.69, 9.17) is 4.74 Å². The Morgan fingerprint density at radius 1 is 1.53 bits per heavy atom. The summed E-state index contributed by atoms with van der Waals surface area (Å²) >= 11 is 0. The lowest BCUT2D eigenvalue weighted by Crippen LogP contribution is -1.99. The highest BCUT2D eigenvalue weighted by atomic mass is 16.5. The van der Waals surface area contributed by atoms with Crippen LogP contribution >= 0.6 is 0 Å². The van der Waals surface area contributed by atoms with Gasteiger partial charge in [0.25, 0.3) is 0 Å². The third kappa shape index (κ3) is 1.45. The molecule has 78 valence electrons. The molecule has 0 atom stereocenters. The number of aldehydes is 1. The Bertz CT molecular complexity index is 505. The fourth-order valence-electron chi connectivity index (χ4n) is 1.48. The molecule has 0 aliphatic rings. The fraction of sp³-hybridized carbons (Fsp3) is 0.300. The van der Waals surface area contributed by atoms with Crippen LogP contribution in [0.25, 0.3) is 11.0 Å². The van der Waals surface area contributed by atoms with Crippen LogP contribution in [-0.2, 0) is 7.05 Å². The predicted octanol–water partition coefficient (Wildman–Crippen LogP) is 1.18. The average Bonchev–Trinajstić information content (AvgIpc) is 2.62. The number of carbonyl (C=O) groups excluding carboxylic acids is 1. The second-order valence-electron chi connectivity index (χ2n) is 3.10. The smallest absolute Gasteiger partial charge is 0.161 e. The molecule has 0 amide bonds. The van der Waals surface area contributed by atoms with Gasteiger partial charge in [-0.05, 0) is 6.92 Å². The van der Waals surface area contributed by atoms with E-state index < -0.39 is 0 Å². The van der Waals surface area contributed by atoms with E-state index in [1.807, 2.05) is 6.92 Å². The predicted molar refractivity (Wildman–Crippen MR) is 55.1 cm³/mol. The SMILES string of the molecule is CCOc1c(C=O)cnc2c1cnn2C. The Hall–Kier alpha value is -1.91. The van der Waals surface area contributed by atoms with Crippen LogP contribution in [-0.4, -0.2) is 27.7 Å². The molecule has 0 unspecified atom stereocenters. The first-order valence-electron chi connectivity index (χ1n) is 4.66. The average molecular weight is 205 g/mol. The number of rotatable bonds is 3. The van der Waals surface area contributed by atoms with Crippen LogP contribution in [0.4, 0.5) is 0 Å². The summed E-state index contributed by atoms with van der Waals surface area (Å²) in [6, 6.07) is 0. The molecule has 2 heterocycles. The van der Waals surface area contributed by atoms with Crippen LogP contribution in [0.3, 0.4) is 0 Å². The summed E-state index contributed by atoms with van der Waals surface area (Å²) in [5, 5.41) is 4.84. The highest BCUT2D eigenvalue weighted by Crippen LogP contribution is 2.26. The molecule has 2 rings (SSSR count). The van der Waals surface area contributed by atoms with Gasteiger partial charge in [-0.1, -0.05) is 0 Å². The number of nitrogens with zero attached hydrogens (tertiary/aromatic N) is 3. The number of hydrogen-bond donors (Lipinski definition) is 0. The lowest BCUT2D eigenvalue weighted by molar-refractivity contribution is 0.112. The van der Waals surface area contributed by atoms with Crippen molar-refractivity contribution in [1.29, 1.82) is 0 Å². The fourth-order valence-corrected chi connectivity index (χ4v) is 1.48. The standard InChI is InChI=1S/C10H11N3O2/c1-3-15-9-7(6-14)4-11-10-8(9)5-12-13(10)2/h4-6H,3H2,1-2H3. The molecule has 2 aromatic heterocycles. The molecule has 0 spiro atoms. The van der Waals surface area contributed by atoms with E-state index in [0.717, 1.165) is 11.7 Å². The summed E-state index contributed by atoms with van der Waals surface area (Å²) in [6.45, 7) is 2.38. The largest absolute Gasteiger partial charge is 0.492 e. The first-order valence-corrected chi connectivity index (χ1v) is 4.66. The minimum atomic E-state index is 0.456. The number of pyridine rings is 1. The van der Waals surface area contributed by atoms with Crippen LogP contribution in [0.15, 0.2) is 12.4 Å². The molecule has 0 aliphatic heterocycles. The van der Waals surface area contributed by atoms with E-state index in [1.54, 1.807) is 17.9 Å². The Balaban J connectivity index is 2.73. The van der Waals surface area contributed by atoms with Gasteiger partial charge in [0.15, 0.2) is 11.9 Å².